The Morgan fingerprint density at radius 3 is 3.06 bits per heavy atom. The van der Waals surface area contributed by atoms with Crippen molar-refractivity contribution < 1.29 is 4.39 Å². The molecule has 2 N–H and O–H groups in total. The Hall–Kier alpha value is -1.58. The fourth-order valence-corrected chi connectivity index (χ4v) is 2.17. The van der Waals surface area contributed by atoms with Crippen LogP contribution in [-0.4, -0.2) is 18.5 Å². The summed E-state index contributed by atoms with van der Waals surface area (Å²) >= 11 is 0. The maximum absolute atomic E-state index is 13.2. The van der Waals surface area contributed by atoms with Crippen LogP contribution in [0.2, 0.25) is 0 Å². The maximum atomic E-state index is 13.2. The van der Waals surface area contributed by atoms with Crippen LogP contribution in [0.15, 0.2) is 29.3 Å². The zero-order chi connectivity index (χ0) is 12.3. The smallest absolute Gasteiger partial charge is 0.196 e. The number of nitrogens with two attached hydrogens (primary N) is 1. The van der Waals surface area contributed by atoms with E-state index in [1.807, 2.05) is 11.0 Å². The second-order valence-electron chi connectivity index (χ2n) is 4.34. The van der Waals surface area contributed by atoms with E-state index in [2.05, 4.69) is 11.9 Å². The average molecular weight is 235 g/mol. The molecule has 0 bridgehead atoms. The number of aliphatic imine (C=N–C) groups is 1. The molecule has 0 aliphatic carbocycles. The van der Waals surface area contributed by atoms with Crippen molar-refractivity contribution in [3.05, 3.63) is 30.1 Å². The second-order valence-corrected chi connectivity index (χ2v) is 4.34. The molecule has 0 saturated heterocycles. The predicted molar refractivity (Wildman–Crippen MR) is 68.7 cm³/mol. The SMILES string of the molecule is CCCCC1CN=C(N)N1c1cccc(F)c1. The van der Waals surface area contributed by atoms with Crippen LogP contribution in [0.5, 0.6) is 0 Å². The third kappa shape index (κ3) is 2.57. The number of hydrogen-bond donors (Lipinski definition) is 1. The molecule has 1 unspecified atom stereocenters. The Morgan fingerprint density at radius 2 is 2.35 bits per heavy atom. The van der Waals surface area contributed by atoms with E-state index in [0.29, 0.717) is 12.5 Å². The van der Waals surface area contributed by atoms with Gasteiger partial charge in [-0.15, -0.1) is 0 Å². The lowest BCUT2D eigenvalue weighted by molar-refractivity contribution is 0.596. The molecule has 1 aromatic rings. The lowest BCUT2D eigenvalue weighted by atomic mass is 10.1. The van der Waals surface area contributed by atoms with Crippen molar-refractivity contribution in [1.82, 2.24) is 0 Å². The quantitative estimate of drug-likeness (QED) is 0.871. The van der Waals surface area contributed by atoms with E-state index in [-0.39, 0.29) is 11.9 Å². The summed E-state index contributed by atoms with van der Waals surface area (Å²) in [6.07, 6.45) is 3.32. The maximum Gasteiger partial charge on any atom is 0.196 e. The fraction of sp³-hybridized carbons (Fsp3) is 0.462. The molecule has 92 valence electrons. The molecule has 3 nitrogen and oxygen atoms in total. The number of hydrogen-bond acceptors (Lipinski definition) is 3. The molecule has 0 saturated carbocycles. The summed E-state index contributed by atoms with van der Waals surface area (Å²) < 4.78 is 13.2. The average Bonchev–Trinajstić information content (AvgIpc) is 2.68. The van der Waals surface area contributed by atoms with Crippen molar-refractivity contribution in [2.45, 2.75) is 32.2 Å². The lowest BCUT2D eigenvalue weighted by Crippen LogP contribution is -2.40. The summed E-state index contributed by atoms with van der Waals surface area (Å²) in [6.45, 7) is 2.87. The molecule has 0 fully saturated rings. The van der Waals surface area contributed by atoms with Gasteiger partial charge in [0.05, 0.1) is 12.6 Å². The summed E-state index contributed by atoms with van der Waals surface area (Å²) in [5.74, 6) is 0.258. The lowest BCUT2D eigenvalue weighted by Gasteiger charge is -2.26. The van der Waals surface area contributed by atoms with Crippen molar-refractivity contribution in [2.75, 3.05) is 11.4 Å². The minimum absolute atomic E-state index is 0.239. The van der Waals surface area contributed by atoms with Crippen LogP contribution in [0, 0.1) is 5.82 Å². The van der Waals surface area contributed by atoms with Gasteiger partial charge in [0.25, 0.3) is 0 Å². The number of unbranched alkanes of at least 4 members (excludes halogenated alkanes) is 1. The standard InChI is InChI=1S/C13H18FN3/c1-2-3-6-12-9-16-13(15)17(12)11-7-4-5-10(14)8-11/h4-5,7-8,12H,2-3,6,9H2,1H3,(H2,15,16). The number of halogens is 1. The van der Waals surface area contributed by atoms with Crippen molar-refractivity contribution in [3.8, 4) is 0 Å². The Labute approximate surface area is 101 Å². The Balaban J connectivity index is 2.18. The number of anilines is 1. The minimum Gasteiger partial charge on any atom is -0.370 e. The van der Waals surface area contributed by atoms with Crippen molar-refractivity contribution in [2.24, 2.45) is 10.7 Å². The van der Waals surface area contributed by atoms with E-state index < -0.39 is 0 Å². The molecule has 1 aliphatic heterocycles. The number of benzene rings is 1. The summed E-state index contributed by atoms with van der Waals surface area (Å²) in [6, 6.07) is 6.79. The van der Waals surface area contributed by atoms with Gasteiger partial charge in [-0.05, 0) is 24.6 Å². The monoisotopic (exact) mass is 235 g/mol. The molecule has 1 atom stereocenters. The van der Waals surface area contributed by atoms with Crippen molar-refractivity contribution in [3.63, 3.8) is 0 Å². The molecule has 1 aromatic carbocycles. The highest BCUT2D eigenvalue weighted by Gasteiger charge is 2.26. The van der Waals surface area contributed by atoms with Crippen LogP contribution >= 0.6 is 0 Å². The van der Waals surface area contributed by atoms with Crippen LogP contribution < -0.4 is 10.6 Å². The van der Waals surface area contributed by atoms with E-state index in [1.54, 1.807) is 6.07 Å². The van der Waals surface area contributed by atoms with Gasteiger partial charge in [0, 0.05) is 5.69 Å². The second kappa shape index (κ2) is 5.17. The zero-order valence-electron chi connectivity index (χ0n) is 10.1. The largest absolute Gasteiger partial charge is 0.370 e. The van der Waals surface area contributed by atoms with Gasteiger partial charge in [0.15, 0.2) is 5.96 Å². The van der Waals surface area contributed by atoms with Gasteiger partial charge in [-0.25, -0.2) is 4.39 Å². The van der Waals surface area contributed by atoms with Gasteiger partial charge in [0.2, 0.25) is 0 Å². The fourth-order valence-electron chi connectivity index (χ4n) is 2.17. The van der Waals surface area contributed by atoms with Crippen LogP contribution in [0.3, 0.4) is 0 Å². The van der Waals surface area contributed by atoms with Crippen molar-refractivity contribution >= 4 is 11.6 Å². The van der Waals surface area contributed by atoms with Crippen LogP contribution in [0.25, 0.3) is 0 Å². The van der Waals surface area contributed by atoms with Gasteiger partial charge in [-0.3, -0.25) is 4.99 Å². The molecular formula is C13H18FN3. The Kier molecular flexibility index (Phi) is 3.61. The van der Waals surface area contributed by atoms with E-state index >= 15 is 0 Å². The number of rotatable bonds is 4. The van der Waals surface area contributed by atoms with E-state index in [1.165, 1.54) is 12.1 Å². The summed E-state index contributed by atoms with van der Waals surface area (Å²) in [4.78, 5) is 6.20. The Bertz CT molecular complexity index is 417. The third-order valence-corrected chi connectivity index (χ3v) is 3.05. The Morgan fingerprint density at radius 1 is 1.53 bits per heavy atom. The molecule has 1 aliphatic rings. The highest BCUT2D eigenvalue weighted by molar-refractivity contribution is 5.97. The van der Waals surface area contributed by atoms with Gasteiger partial charge >= 0.3 is 0 Å². The molecule has 0 amide bonds. The van der Waals surface area contributed by atoms with Gasteiger partial charge in [-0.2, -0.15) is 0 Å². The third-order valence-electron chi connectivity index (χ3n) is 3.05. The molecule has 0 spiro atoms. The summed E-state index contributed by atoms with van der Waals surface area (Å²) in [5, 5.41) is 0. The summed E-state index contributed by atoms with van der Waals surface area (Å²) in [5.41, 5.74) is 6.67. The van der Waals surface area contributed by atoms with Crippen molar-refractivity contribution in [1.29, 1.82) is 0 Å². The first kappa shape index (κ1) is 11.9. The molecule has 4 heteroatoms. The van der Waals surface area contributed by atoms with E-state index in [9.17, 15) is 4.39 Å². The van der Waals surface area contributed by atoms with E-state index in [4.69, 9.17) is 5.73 Å². The topological polar surface area (TPSA) is 41.6 Å². The van der Waals surface area contributed by atoms with Crippen LogP contribution in [-0.2, 0) is 0 Å². The predicted octanol–water partition coefficient (Wildman–Crippen LogP) is 2.52. The molecule has 17 heavy (non-hydrogen) atoms. The molecule has 0 aromatic heterocycles. The van der Waals surface area contributed by atoms with Gasteiger partial charge in [0.1, 0.15) is 5.82 Å². The van der Waals surface area contributed by atoms with Gasteiger partial charge < -0.3 is 10.6 Å². The molecule has 2 rings (SSSR count). The van der Waals surface area contributed by atoms with Crippen LogP contribution in [0.4, 0.5) is 10.1 Å². The highest BCUT2D eigenvalue weighted by Crippen LogP contribution is 2.24. The first-order chi connectivity index (χ1) is 8.22. The van der Waals surface area contributed by atoms with Gasteiger partial charge in [-0.1, -0.05) is 25.8 Å². The normalized spacial score (nSPS) is 19.5. The van der Waals surface area contributed by atoms with E-state index in [0.717, 1.165) is 24.9 Å². The number of guanidine groups is 1. The molecule has 0 radical (unpaired) electrons. The minimum atomic E-state index is -0.239. The van der Waals surface area contributed by atoms with Crippen LogP contribution in [0.1, 0.15) is 26.2 Å². The number of nitrogens with zero attached hydrogens (tertiary/aromatic N) is 2. The highest BCUT2D eigenvalue weighted by atomic mass is 19.1. The molecule has 1 heterocycles. The molecular weight excluding hydrogens is 217 g/mol. The first-order valence-electron chi connectivity index (χ1n) is 6.07. The summed E-state index contributed by atoms with van der Waals surface area (Å²) in [7, 11) is 0. The first-order valence-corrected chi connectivity index (χ1v) is 6.07. The zero-order valence-corrected chi connectivity index (χ0v) is 10.1.